The van der Waals surface area contributed by atoms with Gasteiger partial charge in [-0.05, 0) is 60.6 Å². The van der Waals surface area contributed by atoms with E-state index < -0.39 is 18.2 Å². The molecule has 2 aromatic carbocycles. The molecule has 0 aromatic heterocycles. The summed E-state index contributed by atoms with van der Waals surface area (Å²) in [6, 6.07) is 15.3. The number of hydrogen-bond acceptors (Lipinski definition) is 3. The number of benzene rings is 2. The number of aryl methyl sites for hydroxylation is 1. The fraction of sp³-hybridized carbons (Fsp3) is 0.375. The molecule has 0 radical (unpaired) electrons. The molecule has 0 aliphatic heterocycles. The lowest BCUT2D eigenvalue weighted by atomic mass is 9.92. The van der Waals surface area contributed by atoms with Crippen LogP contribution in [0.25, 0.3) is 6.08 Å². The third-order valence-corrected chi connectivity index (χ3v) is 5.05. The Morgan fingerprint density at radius 1 is 1.10 bits per heavy atom. The van der Waals surface area contributed by atoms with Crippen LogP contribution < -0.4 is 4.74 Å². The van der Waals surface area contributed by atoms with Crippen LogP contribution in [-0.4, -0.2) is 18.2 Å². The minimum atomic E-state index is -4.55. The molecule has 0 heterocycles. The number of fused-ring (bicyclic) bond motifs is 1. The van der Waals surface area contributed by atoms with E-state index in [1.165, 1.54) is 0 Å². The first-order valence-corrected chi connectivity index (χ1v) is 10.1. The molecule has 0 unspecified atom stereocenters. The highest BCUT2D eigenvalue weighted by molar-refractivity contribution is 5.94. The van der Waals surface area contributed by atoms with E-state index in [2.05, 4.69) is 0 Å². The van der Waals surface area contributed by atoms with Gasteiger partial charge in [-0.25, -0.2) is 4.79 Å². The third kappa shape index (κ3) is 5.88. The molecule has 0 saturated heterocycles. The molecule has 0 spiro atoms. The number of alkyl halides is 3. The van der Waals surface area contributed by atoms with Crippen molar-refractivity contribution in [2.75, 3.05) is 0 Å². The standard InChI is InChI=1S/C24H25F3O3/c1-2-3-9-22(24(25,26)27)30-23(28)20-11-10-19-15-21(13-12-18(19)14-20)29-16-17-7-5-4-6-8-17/h4-8,12-15,22H,2-3,9-11,16H2,1H3/t22-/m1/s1. The number of rotatable bonds is 8. The lowest BCUT2D eigenvalue weighted by Gasteiger charge is -2.22. The molecule has 6 heteroatoms. The maximum atomic E-state index is 13.1. The van der Waals surface area contributed by atoms with Gasteiger partial charge in [0.2, 0.25) is 0 Å². The fourth-order valence-electron chi connectivity index (χ4n) is 3.34. The minimum absolute atomic E-state index is 0.211. The van der Waals surface area contributed by atoms with E-state index in [1.807, 2.05) is 42.5 Å². The third-order valence-electron chi connectivity index (χ3n) is 5.05. The van der Waals surface area contributed by atoms with Crippen LogP contribution in [0.15, 0.2) is 54.1 Å². The molecule has 1 aliphatic carbocycles. The Hall–Kier alpha value is -2.76. The zero-order valence-electron chi connectivity index (χ0n) is 16.9. The number of esters is 1. The number of carbonyl (C=O) groups is 1. The normalized spacial score (nSPS) is 14.5. The first kappa shape index (κ1) is 21.9. The van der Waals surface area contributed by atoms with Gasteiger partial charge >= 0.3 is 12.1 Å². The summed E-state index contributed by atoms with van der Waals surface area (Å²) in [4.78, 5) is 12.3. The maximum absolute atomic E-state index is 13.1. The highest BCUT2D eigenvalue weighted by atomic mass is 19.4. The van der Waals surface area contributed by atoms with Crippen molar-refractivity contribution in [1.82, 2.24) is 0 Å². The summed E-state index contributed by atoms with van der Waals surface area (Å²) in [5.41, 5.74) is 3.13. The van der Waals surface area contributed by atoms with E-state index >= 15 is 0 Å². The first-order valence-electron chi connectivity index (χ1n) is 10.1. The number of halogens is 3. The topological polar surface area (TPSA) is 35.5 Å². The molecular weight excluding hydrogens is 393 g/mol. The van der Waals surface area contributed by atoms with Crippen molar-refractivity contribution in [2.45, 2.75) is 57.9 Å². The zero-order valence-corrected chi connectivity index (χ0v) is 16.9. The summed E-state index contributed by atoms with van der Waals surface area (Å²) >= 11 is 0. The Labute approximate surface area is 174 Å². The van der Waals surface area contributed by atoms with Gasteiger partial charge in [-0.1, -0.05) is 49.7 Å². The molecule has 3 rings (SSSR count). The van der Waals surface area contributed by atoms with E-state index in [0.29, 0.717) is 38.0 Å². The van der Waals surface area contributed by atoms with E-state index in [9.17, 15) is 18.0 Å². The van der Waals surface area contributed by atoms with Crippen molar-refractivity contribution in [3.05, 3.63) is 70.8 Å². The summed E-state index contributed by atoms with van der Waals surface area (Å²) in [7, 11) is 0. The van der Waals surface area contributed by atoms with Gasteiger partial charge in [0.1, 0.15) is 12.4 Å². The predicted molar refractivity (Wildman–Crippen MR) is 109 cm³/mol. The number of ether oxygens (including phenoxy) is 2. The molecule has 0 fully saturated rings. The molecule has 160 valence electrons. The second-order valence-corrected chi connectivity index (χ2v) is 7.38. The Morgan fingerprint density at radius 3 is 2.57 bits per heavy atom. The predicted octanol–water partition coefficient (Wildman–Crippen LogP) is 6.26. The molecule has 1 aliphatic rings. The van der Waals surface area contributed by atoms with Crippen LogP contribution in [0.4, 0.5) is 13.2 Å². The van der Waals surface area contributed by atoms with Crippen LogP contribution in [0.1, 0.15) is 49.3 Å². The van der Waals surface area contributed by atoms with Gasteiger partial charge < -0.3 is 9.47 Å². The molecule has 0 N–H and O–H groups in total. The second kappa shape index (κ2) is 9.83. The molecule has 30 heavy (non-hydrogen) atoms. The van der Waals surface area contributed by atoms with Gasteiger partial charge in [0.25, 0.3) is 0 Å². The maximum Gasteiger partial charge on any atom is 0.425 e. The quantitative estimate of drug-likeness (QED) is 0.475. The van der Waals surface area contributed by atoms with Gasteiger partial charge in [0.15, 0.2) is 6.10 Å². The Kier molecular flexibility index (Phi) is 7.19. The fourth-order valence-corrected chi connectivity index (χ4v) is 3.34. The van der Waals surface area contributed by atoms with E-state index in [1.54, 1.807) is 19.1 Å². The average Bonchev–Trinajstić information content (AvgIpc) is 2.74. The summed E-state index contributed by atoms with van der Waals surface area (Å²) in [5, 5.41) is 0. The molecular formula is C24H25F3O3. The minimum Gasteiger partial charge on any atom is -0.489 e. The average molecular weight is 418 g/mol. The van der Waals surface area contributed by atoms with Gasteiger partial charge in [-0.3, -0.25) is 0 Å². The Balaban J connectivity index is 1.66. The zero-order chi connectivity index (χ0) is 21.6. The summed E-state index contributed by atoms with van der Waals surface area (Å²) in [6.45, 7) is 2.25. The molecule has 1 atom stereocenters. The van der Waals surface area contributed by atoms with Crippen LogP contribution >= 0.6 is 0 Å². The van der Waals surface area contributed by atoms with Gasteiger partial charge in [0.05, 0.1) is 0 Å². The van der Waals surface area contributed by atoms with Crippen LogP contribution in [0.2, 0.25) is 0 Å². The van der Waals surface area contributed by atoms with E-state index in [4.69, 9.17) is 9.47 Å². The summed E-state index contributed by atoms with van der Waals surface area (Å²) < 4.78 is 50.1. The lowest BCUT2D eigenvalue weighted by Crippen LogP contribution is -2.34. The van der Waals surface area contributed by atoms with Crippen molar-refractivity contribution in [3.8, 4) is 5.75 Å². The van der Waals surface area contributed by atoms with Crippen molar-refractivity contribution < 1.29 is 27.4 Å². The van der Waals surface area contributed by atoms with E-state index in [-0.39, 0.29) is 12.0 Å². The Bertz CT molecular complexity index is 888. The molecule has 2 aromatic rings. The SMILES string of the molecule is CCCC[C@@H](OC(=O)C1=Cc2ccc(OCc3ccccc3)cc2CC1)C(F)(F)F. The molecule has 0 bridgehead atoms. The van der Waals surface area contributed by atoms with Crippen molar-refractivity contribution in [3.63, 3.8) is 0 Å². The highest BCUT2D eigenvalue weighted by Crippen LogP contribution is 2.31. The summed E-state index contributed by atoms with van der Waals surface area (Å²) in [5.74, 6) is -0.169. The largest absolute Gasteiger partial charge is 0.489 e. The number of unbranched alkanes of at least 4 members (excludes halogenated alkanes) is 1. The number of hydrogen-bond donors (Lipinski definition) is 0. The van der Waals surface area contributed by atoms with Gasteiger partial charge in [0, 0.05) is 5.57 Å². The van der Waals surface area contributed by atoms with E-state index in [0.717, 1.165) is 16.7 Å². The van der Waals surface area contributed by atoms with Crippen molar-refractivity contribution in [2.24, 2.45) is 0 Å². The number of carbonyl (C=O) groups excluding carboxylic acids is 1. The molecule has 0 amide bonds. The monoisotopic (exact) mass is 418 g/mol. The molecule has 3 nitrogen and oxygen atoms in total. The lowest BCUT2D eigenvalue weighted by molar-refractivity contribution is -0.220. The van der Waals surface area contributed by atoms with Crippen molar-refractivity contribution in [1.29, 1.82) is 0 Å². The van der Waals surface area contributed by atoms with Crippen LogP contribution in [0.3, 0.4) is 0 Å². The first-order chi connectivity index (χ1) is 14.4. The smallest absolute Gasteiger partial charge is 0.425 e. The Morgan fingerprint density at radius 2 is 1.87 bits per heavy atom. The summed E-state index contributed by atoms with van der Waals surface area (Å²) in [6.07, 6.45) is -3.35. The second-order valence-electron chi connectivity index (χ2n) is 7.38. The van der Waals surface area contributed by atoms with Crippen LogP contribution in [0, 0.1) is 0 Å². The van der Waals surface area contributed by atoms with Crippen molar-refractivity contribution >= 4 is 12.0 Å². The van der Waals surface area contributed by atoms with Crippen LogP contribution in [-0.2, 0) is 22.6 Å². The van der Waals surface area contributed by atoms with Gasteiger partial charge in [-0.15, -0.1) is 0 Å². The highest BCUT2D eigenvalue weighted by Gasteiger charge is 2.42. The van der Waals surface area contributed by atoms with Crippen LogP contribution in [0.5, 0.6) is 5.75 Å². The van der Waals surface area contributed by atoms with Gasteiger partial charge in [-0.2, -0.15) is 13.2 Å². The molecule has 0 saturated carbocycles.